The minimum atomic E-state index is 0.260. The van der Waals surface area contributed by atoms with Gasteiger partial charge in [-0.05, 0) is 29.7 Å². The van der Waals surface area contributed by atoms with E-state index in [4.69, 9.17) is 20.9 Å². The number of aromatic nitrogens is 6. The number of anilines is 1. The monoisotopic (exact) mass is 503 g/mol. The van der Waals surface area contributed by atoms with E-state index in [2.05, 4.69) is 63.8 Å². The van der Waals surface area contributed by atoms with E-state index in [0.717, 1.165) is 28.9 Å². The molecule has 11 heteroatoms. The van der Waals surface area contributed by atoms with Gasteiger partial charge in [0.05, 0.1) is 25.5 Å². The third kappa shape index (κ3) is 5.13. The number of hydrogen-bond donors (Lipinski definition) is 2. The highest BCUT2D eigenvalue weighted by atomic mass is 16.5. The fourth-order valence-corrected chi connectivity index (χ4v) is 4.74. The molecule has 3 heterocycles. The molecule has 1 aliphatic rings. The van der Waals surface area contributed by atoms with E-state index >= 15 is 0 Å². The lowest BCUT2D eigenvalue weighted by Gasteiger charge is -2.33. The van der Waals surface area contributed by atoms with Crippen LogP contribution in [0.25, 0.3) is 11.1 Å². The molecule has 11 nitrogen and oxygen atoms in total. The average molecular weight is 504 g/mol. The highest BCUT2D eigenvalue weighted by molar-refractivity contribution is 5.87. The van der Waals surface area contributed by atoms with Gasteiger partial charge in [-0.1, -0.05) is 35.5 Å². The number of benzene rings is 2. The van der Waals surface area contributed by atoms with Gasteiger partial charge in [0.1, 0.15) is 24.6 Å². The summed E-state index contributed by atoms with van der Waals surface area (Å²) in [6.07, 6.45) is 4.67. The Morgan fingerprint density at radius 1 is 0.865 bits per heavy atom. The smallest absolute Gasteiger partial charge is 0.167 e. The maximum absolute atomic E-state index is 6.41. The largest absolute Gasteiger partial charge is 0.483 e. The molecule has 0 unspecified atom stereocenters. The fourth-order valence-electron chi connectivity index (χ4n) is 4.74. The van der Waals surface area contributed by atoms with Crippen molar-refractivity contribution in [3.63, 3.8) is 0 Å². The van der Waals surface area contributed by atoms with Crippen LogP contribution in [0.1, 0.15) is 29.4 Å². The summed E-state index contributed by atoms with van der Waals surface area (Å²) in [5.41, 5.74) is 18.7. The van der Waals surface area contributed by atoms with Gasteiger partial charge in [0.25, 0.3) is 0 Å². The molecular weight excluding hydrogens is 470 g/mol. The lowest BCUT2D eigenvalue weighted by Crippen LogP contribution is -2.24. The second kappa shape index (κ2) is 11.0. The molecule has 2 aromatic heterocycles. The number of aryl methyl sites for hydroxylation is 1. The van der Waals surface area contributed by atoms with E-state index in [1.165, 1.54) is 16.8 Å². The van der Waals surface area contributed by atoms with Crippen LogP contribution >= 0.6 is 0 Å². The van der Waals surface area contributed by atoms with Crippen LogP contribution in [0, 0.1) is 0 Å². The van der Waals surface area contributed by atoms with E-state index in [0.29, 0.717) is 44.2 Å². The number of fused-ring (bicyclic) bond motifs is 3. The van der Waals surface area contributed by atoms with Gasteiger partial charge in [0, 0.05) is 43.5 Å². The maximum atomic E-state index is 6.41. The summed E-state index contributed by atoms with van der Waals surface area (Å²) in [5, 5.41) is 16.6. The van der Waals surface area contributed by atoms with Gasteiger partial charge in [0.2, 0.25) is 0 Å². The third-order valence-electron chi connectivity index (χ3n) is 6.42. The van der Waals surface area contributed by atoms with Crippen molar-refractivity contribution in [2.75, 3.05) is 25.0 Å². The van der Waals surface area contributed by atoms with E-state index in [1.807, 2.05) is 18.5 Å². The van der Waals surface area contributed by atoms with Crippen molar-refractivity contribution >= 4 is 5.69 Å². The Labute approximate surface area is 216 Å². The van der Waals surface area contributed by atoms with Crippen LogP contribution in [-0.2, 0) is 39.3 Å². The van der Waals surface area contributed by atoms with Gasteiger partial charge in [-0.3, -0.25) is 9.36 Å². The molecule has 5 rings (SSSR count). The standard InChI is InChI=1S/C26H33N9O2/c1-3-18-5-4-6-22-21-7-8-24(36-16-19-13-34(11-9-27)31-29-19)26(23(21)15-33(2)25(18)22)37-17-20-14-35(12-10-28)32-30-20/h4-8,13-14H,3,9-12,15-17,27-28H2,1-2H3. The molecule has 37 heavy (non-hydrogen) atoms. The normalized spacial score (nSPS) is 12.4. The van der Waals surface area contributed by atoms with Crippen molar-refractivity contribution in [3.8, 4) is 22.6 Å². The second-order valence-electron chi connectivity index (χ2n) is 9.04. The number of nitrogens with zero attached hydrogens (tertiary/aromatic N) is 7. The van der Waals surface area contributed by atoms with Crippen LogP contribution in [-0.4, -0.2) is 50.1 Å². The Morgan fingerprint density at radius 2 is 1.54 bits per heavy atom. The summed E-state index contributed by atoms with van der Waals surface area (Å²) in [6.45, 7) is 5.61. The second-order valence-corrected chi connectivity index (χ2v) is 9.04. The Balaban J connectivity index is 1.48. The summed E-state index contributed by atoms with van der Waals surface area (Å²) >= 11 is 0. The molecule has 0 aliphatic carbocycles. The first-order valence-electron chi connectivity index (χ1n) is 12.5. The number of rotatable bonds is 11. The van der Waals surface area contributed by atoms with Crippen molar-refractivity contribution in [2.45, 2.75) is 46.2 Å². The Morgan fingerprint density at radius 3 is 2.19 bits per heavy atom. The summed E-state index contributed by atoms with van der Waals surface area (Å²) in [5.74, 6) is 1.34. The molecule has 0 radical (unpaired) electrons. The first-order chi connectivity index (χ1) is 18.1. The van der Waals surface area contributed by atoms with Crippen LogP contribution in [0.4, 0.5) is 5.69 Å². The highest BCUT2D eigenvalue weighted by Crippen LogP contribution is 2.47. The molecule has 0 spiro atoms. The van der Waals surface area contributed by atoms with Crippen LogP contribution < -0.4 is 25.8 Å². The highest BCUT2D eigenvalue weighted by Gasteiger charge is 2.27. The quantitative estimate of drug-likeness (QED) is 0.315. The van der Waals surface area contributed by atoms with Gasteiger partial charge in [-0.15, -0.1) is 10.2 Å². The molecule has 4 N–H and O–H groups in total. The SMILES string of the molecule is CCc1cccc2c1N(C)Cc1c-2ccc(OCc2cn(CCN)nn2)c1OCc1cn(CCN)nn1. The molecule has 194 valence electrons. The molecule has 4 aromatic rings. The minimum Gasteiger partial charge on any atom is -0.483 e. The van der Waals surface area contributed by atoms with Crippen molar-refractivity contribution < 1.29 is 9.47 Å². The number of hydrogen-bond acceptors (Lipinski definition) is 9. The number of nitrogens with two attached hydrogens (primary N) is 2. The third-order valence-corrected chi connectivity index (χ3v) is 6.42. The van der Waals surface area contributed by atoms with E-state index in [1.54, 1.807) is 9.36 Å². The van der Waals surface area contributed by atoms with E-state index < -0.39 is 0 Å². The van der Waals surface area contributed by atoms with Gasteiger partial charge >= 0.3 is 0 Å². The van der Waals surface area contributed by atoms with Crippen molar-refractivity contribution in [2.24, 2.45) is 11.5 Å². The summed E-state index contributed by atoms with van der Waals surface area (Å²) in [6, 6.07) is 10.6. The summed E-state index contributed by atoms with van der Waals surface area (Å²) < 4.78 is 16.1. The molecule has 0 bridgehead atoms. The van der Waals surface area contributed by atoms with Crippen LogP contribution in [0.15, 0.2) is 42.7 Å². The van der Waals surface area contributed by atoms with Gasteiger partial charge < -0.3 is 25.8 Å². The van der Waals surface area contributed by atoms with E-state index in [9.17, 15) is 0 Å². The molecule has 0 saturated heterocycles. The fraction of sp³-hybridized carbons (Fsp3) is 0.385. The Hall–Kier alpha value is -3.96. The van der Waals surface area contributed by atoms with Gasteiger partial charge in [0.15, 0.2) is 11.5 Å². The first kappa shape index (κ1) is 24.7. The summed E-state index contributed by atoms with van der Waals surface area (Å²) in [4.78, 5) is 2.28. The molecular formula is C26H33N9O2. The Bertz CT molecular complexity index is 1360. The predicted octanol–water partition coefficient (Wildman–Crippen LogP) is 2.12. The van der Waals surface area contributed by atoms with Crippen molar-refractivity contribution in [1.82, 2.24) is 30.0 Å². The van der Waals surface area contributed by atoms with Gasteiger partial charge in [-0.2, -0.15) is 0 Å². The zero-order chi connectivity index (χ0) is 25.8. The number of para-hydroxylation sites is 1. The topological polar surface area (TPSA) is 135 Å². The number of ether oxygens (including phenoxy) is 2. The summed E-state index contributed by atoms with van der Waals surface area (Å²) in [7, 11) is 2.12. The zero-order valence-electron chi connectivity index (χ0n) is 21.3. The minimum absolute atomic E-state index is 0.260. The molecule has 1 aliphatic heterocycles. The first-order valence-corrected chi connectivity index (χ1v) is 12.5. The van der Waals surface area contributed by atoms with Crippen LogP contribution in [0.5, 0.6) is 11.5 Å². The van der Waals surface area contributed by atoms with Crippen molar-refractivity contribution in [1.29, 1.82) is 0 Å². The molecule has 0 atom stereocenters. The molecule has 0 amide bonds. The van der Waals surface area contributed by atoms with E-state index in [-0.39, 0.29) is 13.2 Å². The predicted molar refractivity (Wildman–Crippen MR) is 140 cm³/mol. The molecule has 0 saturated carbocycles. The molecule has 0 fully saturated rings. The lowest BCUT2D eigenvalue weighted by atomic mass is 9.90. The van der Waals surface area contributed by atoms with Crippen LogP contribution in [0.2, 0.25) is 0 Å². The maximum Gasteiger partial charge on any atom is 0.167 e. The van der Waals surface area contributed by atoms with Crippen molar-refractivity contribution in [3.05, 3.63) is 65.2 Å². The van der Waals surface area contributed by atoms with Crippen LogP contribution in [0.3, 0.4) is 0 Å². The lowest BCUT2D eigenvalue weighted by molar-refractivity contribution is 0.249. The molecule has 2 aromatic carbocycles. The average Bonchev–Trinajstić information content (AvgIpc) is 3.56. The van der Waals surface area contributed by atoms with Gasteiger partial charge in [-0.25, -0.2) is 0 Å². The zero-order valence-corrected chi connectivity index (χ0v) is 21.3. The Kier molecular flexibility index (Phi) is 7.33.